The lowest BCUT2D eigenvalue weighted by Crippen LogP contribution is -2.29. The first-order valence-corrected chi connectivity index (χ1v) is 8.17. The molecule has 2 aliphatic rings. The summed E-state index contributed by atoms with van der Waals surface area (Å²) in [6, 6.07) is 2.86. The van der Waals surface area contributed by atoms with Crippen molar-refractivity contribution in [2.24, 2.45) is 0 Å². The summed E-state index contributed by atoms with van der Waals surface area (Å²) in [5.74, 6) is -0.320. The third-order valence-corrected chi connectivity index (χ3v) is 4.74. The van der Waals surface area contributed by atoms with Crippen LogP contribution >= 0.6 is 0 Å². The van der Waals surface area contributed by atoms with E-state index in [2.05, 4.69) is 0 Å². The zero-order valence-corrected chi connectivity index (χ0v) is 14.2. The molecule has 5 nitrogen and oxygen atoms in total. The highest BCUT2D eigenvalue weighted by Crippen LogP contribution is 2.34. The number of hydrogen-bond donors (Lipinski definition) is 2. The lowest BCUT2D eigenvalue weighted by Gasteiger charge is -2.19. The molecule has 1 heterocycles. The topological polar surface area (TPSA) is 70.0 Å². The van der Waals surface area contributed by atoms with Gasteiger partial charge in [-0.2, -0.15) is 0 Å². The fourth-order valence-electron chi connectivity index (χ4n) is 3.31. The number of carbonyl (C=O) groups is 1. The Labute approximate surface area is 141 Å². The van der Waals surface area contributed by atoms with Gasteiger partial charge in [0.05, 0.1) is 11.7 Å². The van der Waals surface area contributed by atoms with Gasteiger partial charge in [-0.3, -0.25) is 4.79 Å². The molecule has 1 aliphatic heterocycles. The molecule has 0 saturated carbocycles. The molecule has 2 N–H and O–H groups in total. The standard InChI is InChI=1S/C19H23NO4/c1-11(2)15-7-16(18(22)8-17(15)21)19(23)20-9-12-4-5-14(24-3)6-13(12)10-20/h4-5,7-8,11,14,21-22H,6,9-10H2,1-3H3. The highest BCUT2D eigenvalue weighted by molar-refractivity contribution is 5.98. The maximum atomic E-state index is 12.9. The van der Waals surface area contributed by atoms with Gasteiger partial charge in [0, 0.05) is 32.7 Å². The second kappa shape index (κ2) is 6.32. The molecule has 0 spiro atoms. The second-order valence-electron chi connectivity index (χ2n) is 6.71. The van der Waals surface area contributed by atoms with E-state index in [1.807, 2.05) is 26.0 Å². The Bertz CT molecular complexity index is 733. The SMILES string of the molecule is COC1C=CC2=C(C1)CN(C(=O)c1cc(C(C)C)c(O)cc1O)C2. The molecule has 0 aromatic heterocycles. The van der Waals surface area contributed by atoms with E-state index in [1.54, 1.807) is 18.1 Å². The highest BCUT2D eigenvalue weighted by atomic mass is 16.5. The first kappa shape index (κ1) is 16.6. The molecule has 3 rings (SSSR count). The first-order chi connectivity index (χ1) is 11.4. The van der Waals surface area contributed by atoms with Crippen LogP contribution in [0.5, 0.6) is 11.5 Å². The van der Waals surface area contributed by atoms with E-state index in [0.717, 1.165) is 12.0 Å². The van der Waals surface area contributed by atoms with E-state index in [1.165, 1.54) is 11.6 Å². The number of aromatic hydroxyl groups is 2. The van der Waals surface area contributed by atoms with Crippen LogP contribution in [0.25, 0.3) is 0 Å². The fraction of sp³-hybridized carbons (Fsp3) is 0.421. The average Bonchev–Trinajstić information content (AvgIpc) is 2.96. The van der Waals surface area contributed by atoms with Gasteiger partial charge in [-0.1, -0.05) is 26.0 Å². The molecule has 1 atom stereocenters. The number of benzene rings is 1. The minimum absolute atomic E-state index is 0.0174. The average molecular weight is 329 g/mol. The number of ether oxygens (including phenoxy) is 1. The van der Waals surface area contributed by atoms with Gasteiger partial charge in [0.15, 0.2) is 0 Å². The van der Waals surface area contributed by atoms with Crippen LogP contribution < -0.4 is 0 Å². The third kappa shape index (κ3) is 2.91. The van der Waals surface area contributed by atoms with E-state index in [-0.39, 0.29) is 35.0 Å². The minimum atomic E-state index is -0.217. The Hall–Kier alpha value is -2.27. The number of rotatable bonds is 3. The van der Waals surface area contributed by atoms with Gasteiger partial charge in [0.25, 0.3) is 5.91 Å². The highest BCUT2D eigenvalue weighted by Gasteiger charge is 2.30. The van der Waals surface area contributed by atoms with Crippen molar-refractivity contribution in [1.29, 1.82) is 0 Å². The van der Waals surface area contributed by atoms with Crippen LogP contribution in [-0.2, 0) is 4.74 Å². The van der Waals surface area contributed by atoms with Gasteiger partial charge >= 0.3 is 0 Å². The van der Waals surface area contributed by atoms with Crippen LogP contribution in [0, 0.1) is 0 Å². The molecule has 5 heteroatoms. The smallest absolute Gasteiger partial charge is 0.258 e. The summed E-state index contributed by atoms with van der Waals surface area (Å²) in [5.41, 5.74) is 3.26. The van der Waals surface area contributed by atoms with Crippen LogP contribution in [0.15, 0.2) is 35.4 Å². The van der Waals surface area contributed by atoms with Crippen molar-refractivity contribution < 1.29 is 19.7 Å². The van der Waals surface area contributed by atoms with Gasteiger partial charge in [0.2, 0.25) is 0 Å². The van der Waals surface area contributed by atoms with Crippen molar-refractivity contribution in [3.8, 4) is 11.5 Å². The molecule has 0 radical (unpaired) electrons. The van der Waals surface area contributed by atoms with Crippen LogP contribution in [0.2, 0.25) is 0 Å². The van der Waals surface area contributed by atoms with E-state index < -0.39 is 0 Å². The number of phenols is 2. The predicted octanol–water partition coefficient (Wildman–Crippen LogP) is 2.95. The summed E-state index contributed by atoms with van der Waals surface area (Å²) >= 11 is 0. The number of hydrogen-bond acceptors (Lipinski definition) is 4. The summed E-state index contributed by atoms with van der Waals surface area (Å²) in [4.78, 5) is 14.6. The van der Waals surface area contributed by atoms with Crippen molar-refractivity contribution in [3.05, 3.63) is 46.6 Å². The normalized spacial score (nSPS) is 20.0. The van der Waals surface area contributed by atoms with E-state index >= 15 is 0 Å². The molecule has 1 aromatic carbocycles. The first-order valence-electron chi connectivity index (χ1n) is 8.17. The molecule has 1 aromatic rings. The predicted molar refractivity (Wildman–Crippen MR) is 91.3 cm³/mol. The zero-order valence-electron chi connectivity index (χ0n) is 14.2. The summed E-state index contributed by atoms with van der Waals surface area (Å²) in [6.45, 7) is 4.96. The number of carbonyl (C=O) groups excluding carboxylic acids is 1. The van der Waals surface area contributed by atoms with Crippen molar-refractivity contribution in [2.45, 2.75) is 32.3 Å². The maximum absolute atomic E-state index is 12.9. The van der Waals surface area contributed by atoms with Gasteiger partial charge in [-0.05, 0) is 28.7 Å². The zero-order chi connectivity index (χ0) is 17.4. The molecule has 0 fully saturated rings. The van der Waals surface area contributed by atoms with Crippen molar-refractivity contribution in [1.82, 2.24) is 4.90 Å². The van der Waals surface area contributed by atoms with E-state index in [0.29, 0.717) is 18.7 Å². The number of methoxy groups -OCH3 is 1. The van der Waals surface area contributed by atoms with E-state index in [4.69, 9.17) is 4.74 Å². The fourth-order valence-corrected chi connectivity index (χ4v) is 3.31. The Balaban J connectivity index is 1.82. The third-order valence-electron chi connectivity index (χ3n) is 4.74. The summed E-state index contributed by atoms with van der Waals surface area (Å²) in [5, 5.41) is 20.1. The van der Waals surface area contributed by atoms with Gasteiger partial charge in [-0.15, -0.1) is 0 Å². The Morgan fingerprint density at radius 2 is 2.00 bits per heavy atom. The van der Waals surface area contributed by atoms with Crippen LogP contribution in [0.4, 0.5) is 0 Å². The lowest BCUT2D eigenvalue weighted by atomic mass is 9.98. The summed E-state index contributed by atoms with van der Waals surface area (Å²) in [7, 11) is 1.68. The van der Waals surface area contributed by atoms with Crippen LogP contribution in [0.1, 0.15) is 42.1 Å². The summed E-state index contributed by atoms with van der Waals surface area (Å²) in [6.07, 6.45) is 4.90. The molecule has 24 heavy (non-hydrogen) atoms. The van der Waals surface area contributed by atoms with Crippen molar-refractivity contribution in [3.63, 3.8) is 0 Å². The minimum Gasteiger partial charge on any atom is -0.508 e. The second-order valence-corrected chi connectivity index (χ2v) is 6.71. The van der Waals surface area contributed by atoms with Crippen LogP contribution in [0.3, 0.4) is 0 Å². The maximum Gasteiger partial charge on any atom is 0.258 e. The Morgan fingerprint density at radius 3 is 2.67 bits per heavy atom. The number of nitrogens with zero attached hydrogens (tertiary/aromatic N) is 1. The quantitative estimate of drug-likeness (QED) is 0.894. The molecule has 1 aliphatic carbocycles. The van der Waals surface area contributed by atoms with E-state index in [9.17, 15) is 15.0 Å². The molecule has 0 bridgehead atoms. The molecule has 128 valence electrons. The van der Waals surface area contributed by atoms with Crippen molar-refractivity contribution >= 4 is 5.91 Å². The van der Waals surface area contributed by atoms with Crippen LogP contribution in [-0.4, -0.2) is 47.3 Å². The largest absolute Gasteiger partial charge is 0.508 e. The molecular formula is C19H23NO4. The lowest BCUT2D eigenvalue weighted by molar-refractivity contribution is 0.0790. The Morgan fingerprint density at radius 1 is 1.25 bits per heavy atom. The molecule has 0 saturated heterocycles. The number of amides is 1. The van der Waals surface area contributed by atoms with Gasteiger partial charge < -0.3 is 19.8 Å². The number of phenolic OH excluding ortho intramolecular Hbond substituents is 2. The Kier molecular flexibility index (Phi) is 4.37. The molecular weight excluding hydrogens is 306 g/mol. The molecule has 1 unspecified atom stereocenters. The van der Waals surface area contributed by atoms with Gasteiger partial charge in [0.1, 0.15) is 11.5 Å². The van der Waals surface area contributed by atoms with Gasteiger partial charge in [-0.25, -0.2) is 0 Å². The monoisotopic (exact) mass is 329 g/mol. The van der Waals surface area contributed by atoms with Crippen molar-refractivity contribution in [2.75, 3.05) is 20.2 Å². The summed E-state index contributed by atoms with van der Waals surface area (Å²) < 4.78 is 5.36. The molecule has 1 amide bonds.